The van der Waals surface area contributed by atoms with Crippen LogP contribution in [0.4, 0.5) is 0 Å². The molecule has 33 heavy (non-hydrogen) atoms. The Morgan fingerprint density at radius 3 is 2.79 bits per heavy atom. The topological polar surface area (TPSA) is 133 Å². The van der Waals surface area contributed by atoms with Crippen LogP contribution in [0.3, 0.4) is 0 Å². The van der Waals surface area contributed by atoms with E-state index in [1.807, 2.05) is 16.8 Å². The van der Waals surface area contributed by atoms with Crippen LogP contribution in [0.5, 0.6) is 5.75 Å². The Bertz CT molecular complexity index is 1130. The van der Waals surface area contributed by atoms with Crippen LogP contribution in [0, 0.1) is 21.4 Å². The van der Waals surface area contributed by atoms with Crippen LogP contribution in [0.25, 0.3) is 0 Å². The third kappa shape index (κ3) is 6.34. The highest BCUT2D eigenvalue weighted by molar-refractivity contribution is 6.35. The number of ether oxygens (including phenoxy) is 3. The minimum atomic E-state index is -1.50. The SMILES string of the molecule is N#Cc1ccccc1OC[C@@H]1CO[C@@](Cn2ccnc2)(c2ccc(Cl)cc2Cl)O1.O=[N+]([O-])O. The molecule has 0 amide bonds. The molecule has 3 aromatic rings. The maximum atomic E-state index is 9.22. The summed E-state index contributed by atoms with van der Waals surface area (Å²) in [6.45, 7) is 0.900. The van der Waals surface area contributed by atoms with Crippen LogP contribution in [0.1, 0.15) is 11.1 Å². The van der Waals surface area contributed by atoms with Crippen LogP contribution in [-0.4, -0.2) is 39.2 Å². The van der Waals surface area contributed by atoms with Crippen molar-refractivity contribution < 1.29 is 24.5 Å². The summed E-state index contributed by atoms with van der Waals surface area (Å²) in [6, 6.07) is 14.4. The second-order valence-corrected chi connectivity index (χ2v) is 7.66. The maximum Gasteiger partial charge on any atom is 0.291 e. The lowest BCUT2D eigenvalue weighted by Crippen LogP contribution is -2.34. The van der Waals surface area contributed by atoms with Gasteiger partial charge in [-0.05, 0) is 24.3 Å². The molecule has 4 rings (SSSR count). The van der Waals surface area contributed by atoms with Crippen LogP contribution in [0.2, 0.25) is 10.0 Å². The number of rotatable bonds is 6. The third-order valence-corrected chi connectivity index (χ3v) is 5.13. The first-order valence-electron chi connectivity index (χ1n) is 9.51. The molecular formula is C21H18Cl2N4O6. The number of hydrogen-bond acceptors (Lipinski definition) is 7. The lowest BCUT2D eigenvalue weighted by molar-refractivity contribution is -0.742. The zero-order valence-corrected chi connectivity index (χ0v) is 18.5. The maximum absolute atomic E-state index is 9.22. The standard InChI is InChI=1S/C21H17Cl2N3O3.HNO3/c22-16-5-6-18(19(23)9-16)21(13-26-8-7-25-14-26)28-12-17(29-21)11-27-20-4-2-1-3-15(20)10-24;2-1(3)4/h1-9,14,17H,11-13H2;(H,2,3,4)/t17-,21-;/m1./s1. The van der Waals surface area contributed by atoms with Gasteiger partial charge in [0, 0.05) is 23.0 Å². The van der Waals surface area contributed by atoms with Gasteiger partial charge in [0.2, 0.25) is 5.79 Å². The molecule has 0 spiro atoms. The Morgan fingerprint density at radius 2 is 2.12 bits per heavy atom. The number of imidazole rings is 1. The predicted octanol–water partition coefficient (Wildman–Crippen LogP) is 4.06. The summed E-state index contributed by atoms with van der Waals surface area (Å²) in [7, 11) is 0. The predicted molar refractivity (Wildman–Crippen MR) is 117 cm³/mol. The van der Waals surface area contributed by atoms with Gasteiger partial charge in [0.1, 0.15) is 24.5 Å². The molecule has 1 aromatic heterocycles. The smallest absolute Gasteiger partial charge is 0.291 e. The molecule has 2 heterocycles. The van der Waals surface area contributed by atoms with Crippen molar-refractivity contribution in [1.82, 2.24) is 9.55 Å². The van der Waals surface area contributed by atoms with Crippen molar-refractivity contribution in [2.75, 3.05) is 13.2 Å². The largest absolute Gasteiger partial charge is 0.489 e. The summed E-state index contributed by atoms with van der Waals surface area (Å²) in [5.41, 5.74) is 1.15. The van der Waals surface area contributed by atoms with Gasteiger partial charge in [0.15, 0.2) is 0 Å². The summed E-state index contributed by atoms with van der Waals surface area (Å²) in [5.74, 6) is -0.597. The van der Waals surface area contributed by atoms with Gasteiger partial charge in [-0.2, -0.15) is 5.26 Å². The molecule has 1 aliphatic rings. The van der Waals surface area contributed by atoms with E-state index in [0.29, 0.717) is 40.1 Å². The second kappa shape index (κ2) is 11.0. The molecule has 0 radical (unpaired) electrons. The van der Waals surface area contributed by atoms with E-state index in [9.17, 15) is 5.26 Å². The van der Waals surface area contributed by atoms with E-state index in [1.165, 1.54) is 0 Å². The minimum Gasteiger partial charge on any atom is -0.489 e. The molecule has 1 N–H and O–H groups in total. The first-order chi connectivity index (χ1) is 15.8. The summed E-state index contributed by atoms with van der Waals surface area (Å²) >= 11 is 12.5. The normalized spacial score (nSPS) is 19.2. The Labute approximate surface area is 198 Å². The number of nitrogens with zero attached hydrogens (tertiary/aromatic N) is 4. The van der Waals surface area contributed by atoms with Gasteiger partial charge in [-0.25, -0.2) is 4.98 Å². The van der Waals surface area contributed by atoms with Gasteiger partial charge >= 0.3 is 0 Å². The first-order valence-corrected chi connectivity index (χ1v) is 10.3. The highest BCUT2D eigenvalue weighted by Crippen LogP contribution is 2.40. The Kier molecular flexibility index (Phi) is 8.08. The van der Waals surface area contributed by atoms with Crippen molar-refractivity contribution >= 4 is 23.2 Å². The van der Waals surface area contributed by atoms with Crippen molar-refractivity contribution in [3.63, 3.8) is 0 Å². The molecule has 10 nitrogen and oxygen atoms in total. The van der Waals surface area contributed by atoms with Crippen LogP contribution < -0.4 is 4.74 Å². The average Bonchev–Trinajstić information content (AvgIpc) is 3.43. The summed E-state index contributed by atoms with van der Waals surface area (Å²) in [4.78, 5) is 12.4. The van der Waals surface area contributed by atoms with E-state index in [0.717, 1.165) is 0 Å². The Hall–Kier alpha value is -3.36. The molecule has 0 unspecified atom stereocenters. The van der Waals surface area contributed by atoms with Gasteiger partial charge in [-0.3, -0.25) is 0 Å². The van der Waals surface area contributed by atoms with Gasteiger partial charge < -0.3 is 24.0 Å². The molecular weight excluding hydrogens is 475 g/mol. The van der Waals surface area contributed by atoms with Gasteiger partial charge in [0.05, 0.1) is 30.1 Å². The van der Waals surface area contributed by atoms with E-state index in [4.69, 9.17) is 52.7 Å². The lowest BCUT2D eigenvalue weighted by atomic mass is 10.1. The molecule has 1 aliphatic heterocycles. The molecule has 12 heteroatoms. The Balaban J connectivity index is 0.000000709. The Morgan fingerprint density at radius 1 is 1.36 bits per heavy atom. The number of para-hydroxylation sites is 1. The summed E-state index contributed by atoms with van der Waals surface area (Å²) < 4.78 is 20.1. The van der Waals surface area contributed by atoms with E-state index >= 15 is 0 Å². The van der Waals surface area contributed by atoms with E-state index < -0.39 is 10.9 Å². The molecule has 2 atom stereocenters. The van der Waals surface area contributed by atoms with Crippen molar-refractivity contribution in [2.45, 2.75) is 18.4 Å². The fourth-order valence-corrected chi connectivity index (χ4v) is 3.80. The third-order valence-electron chi connectivity index (χ3n) is 4.58. The number of halogens is 2. The van der Waals surface area contributed by atoms with Crippen LogP contribution in [0.15, 0.2) is 61.2 Å². The highest BCUT2D eigenvalue weighted by Gasteiger charge is 2.45. The van der Waals surface area contributed by atoms with Crippen molar-refractivity contribution in [1.29, 1.82) is 5.26 Å². The van der Waals surface area contributed by atoms with Crippen LogP contribution in [-0.2, 0) is 21.8 Å². The van der Waals surface area contributed by atoms with Gasteiger partial charge in [0.25, 0.3) is 5.09 Å². The summed E-state index contributed by atoms with van der Waals surface area (Å²) in [5, 5.41) is 23.8. The highest BCUT2D eigenvalue weighted by atomic mass is 35.5. The number of hydrogen-bond donors (Lipinski definition) is 1. The minimum absolute atomic E-state index is 0.232. The molecule has 1 fully saturated rings. The second-order valence-electron chi connectivity index (χ2n) is 6.82. The van der Waals surface area contributed by atoms with E-state index in [2.05, 4.69) is 11.1 Å². The first kappa shape index (κ1) is 24.3. The lowest BCUT2D eigenvalue weighted by Gasteiger charge is -2.30. The van der Waals surface area contributed by atoms with E-state index in [1.54, 1.807) is 48.9 Å². The van der Waals surface area contributed by atoms with E-state index in [-0.39, 0.29) is 12.7 Å². The molecule has 0 saturated carbocycles. The molecule has 1 saturated heterocycles. The fraction of sp³-hybridized carbons (Fsp3) is 0.238. The molecule has 172 valence electrons. The number of aromatic nitrogens is 2. The number of benzene rings is 2. The van der Waals surface area contributed by atoms with Gasteiger partial charge in [-0.1, -0.05) is 41.4 Å². The quantitative estimate of drug-likeness (QED) is 0.402. The van der Waals surface area contributed by atoms with Gasteiger partial charge in [-0.15, -0.1) is 10.1 Å². The fourth-order valence-electron chi connectivity index (χ4n) is 3.24. The average molecular weight is 493 g/mol. The zero-order valence-electron chi connectivity index (χ0n) is 17.0. The summed E-state index contributed by atoms with van der Waals surface area (Å²) in [6.07, 6.45) is 4.85. The monoisotopic (exact) mass is 492 g/mol. The zero-order chi connectivity index (χ0) is 23.8. The van der Waals surface area contributed by atoms with Crippen molar-refractivity contribution in [3.05, 3.63) is 92.5 Å². The van der Waals surface area contributed by atoms with Crippen molar-refractivity contribution in [2.24, 2.45) is 0 Å². The molecule has 2 aromatic carbocycles. The van der Waals surface area contributed by atoms with Crippen molar-refractivity contribution in [3.8, 4) is 11.8 Å². The molecule has 0 bridgehead atoms. The van der Waals surface area contributed by atoms with Crippen LogP contribution >= 0.6 is 23.2 Å². The number of nitriles is 1. The molecule has 0 aliphatic carbocycles.